The van der Waals surface area contributed by atoms with Crippen LogP contribution in [0.5, 0.6) is 0 Å². The maximum atomic E-state index is 11.5. The van der Waals surface area contributed by atoms with E-state index in [0.29, 0.717) is 38.7 Å². The van der Waals surface area contributed by atoms with Crippen LogP contribution in [0.2, 0.25) is 0 Å². The van der Waals surface area contributed by atoms with E-state index in [4.69, 9.17) is 0 Å². The molecule has 0 radical (unpaired) electrons. The topological polar surface area (TPSA) is 122 Å². The van der Waals surface area contributed by atoms with E-state index in [0.717, 1.165) is 0 Å². The summed E-state index contributed by atoms with van der Waals surface area (Å²) in [5.74, 6) is 0. The Hall–Kier alpha value is -2.19. The standard InChI is InChI=1S/C13H21NO8/c15-10-20-7-1-4-13(14(18)19,5-2-8-21-11-16)6-3-9-22-12-17/h10-12H,1-9H2. The molecule has 0 aliphatic rings. The highest BCUT2D eigenvalue weighted by molar-refractivity contribution is 5.37. The molecular formula is C13H21NO8. The van der Waals surface area contributed by atoms with Gasteiger partial charge in [0.2, 0.25) is 5.54 Å². The van der Waals surface area contributed by atoms with Gasteiger partial charge >= 0.3 is 0 Å². The molecule has 0 aliphatic carbocycles. The van der Waals surface area contributed by atoms with Gasteiger partial charge in [-0.1, -0.05) is 0 Å². The van der Waals surface area contributed by atoms with Crippen molar-refractivity contribution in [3.8, 4) is 0 Å². The molecule has 0 N–H and O–H groups in total. The molecule has 0 aromatic rings. The summed E-state index contributed by atoms with van der Waals surface area (Å²) in [4.78, 5) is 41.4. The van der Waals surface area contributed by atoms with E-state index >= 15 is 0 Å². The van der Waals surface area contributed by atoms with Gasteiger partial charge in [-0.2, -0.15) is 0 Å². The van der Waals surface area contributed by atoms with E-state index in [9.17, 15) is 24.5 Å². The van der Waals surface area contributed by atoms with E-state index in [1.165, 1.54) is 0 Å². The first-order valence-corrected chi connectivity index (χ1v) is 6.93. The van der Waals surface area contributed by atoms with Crippen molar-refractivity contribution in [2.24, 2.45) is 0 Å². The summed E-state index contributed by atoms with van der Waals surface area (Å²) in [5.41, 5.74) is -1.22. The summed E-state index contributed by atoms with van der Waals surface area (Å²) in [5, 5.41) is 11.5. The Balaban J connectivity index is 4.60. The summed E-state index contributed by atoms with van der Waals surface area (Å²) in [6.07, 6.45) is 1.70. The van der Waals surface area contributed by atoms with Crippen LogP contribution in [0.3, 0.4) is 0 Å². The number of ether oxygens (including phenoxy) is 3. The number of hydrogen-bond acceptors (Lipinski definition) is 8. The molecule has 0 aromatic heterocycles. The van der Waals surface area contributed by atoms with E-state index in [2.05, 4.69) is 14.2 Å². The minimum Gasteiger partial charge on any atom is -0.468 e. The monoisotopic (exact) mass is 319 g/mol. The summed E-state index contributed by atoms with van der Waals surface area (Å²) in [6, 6.07) is 0. The third-order valence-electron chi connectivity index (χ3n) is 3.30. The molecule has 0 spiro atoms. The molecule has 0 aromatic carbocycles. The van der Waals surface area contributed by atoms with Crippen molar-refractivity contribution in [3.63, 3.8) is 0 Å². The molecule has 0 saturated heterocycles. The van der Waals surface area contributed by atoms with Crippen LogP contribution in [-0.4, -0.2) is 49.7 Å². The van der Waals surface area contributed by atoms with Crippen molar-refractivity contribution in [1.82, 2.24) is 0 Å². The van der Waals surface area contributed by atoms with Gasteiger partial charge < -0.3 is 14.2 Å². The van der Waals surface area contributed by atoms with Crippen LogP contribution in [0.4, 0.5) is 0 Å². The van der Waals surface area contributed by atoms with Gasteiger partial charge in [0.25, 0.3) is 19.4 Å². The Morgan fingerprint density at radius 1 is 0.773 bits per heavy atom. The Morgan fingerprint density at radius 3 is 1.32 bits per heavy atom. The van der Waals surface area contributed by atoms with Gasteiger partial charge in [0.05, 0.1) is 19.8 Å². The number of nitrogens with zero attached hydrogens (tertiary/aromatic N) is 1. The Kier molecular flexibility index (Phi) is 11.3. The van der Waals surface area contributed by atoms with Crippen molar-refractivity contribution in [2.45, 2.75) is 44.1 Å². The number of rotatable bonds is 16. The molecule has 0 heterocycles. The van der Waals surface area contributed by atoms with Gasteiger partial charge in [-0.25, -0.2) is 0 Å². The predicted octanol–water partition coefficient (Wildman–Crippen LogP) is 0.862. The molecule has 0 bridgehead atoms. The number of carbonyl (C=O) groups is 3. The van der Waals surface area contributed by atoms with Gasteiger partial charge in [0, 0.05) is 24.2 Å². The fraction of sp³-hybridized carbons (Fsp3) is 0.769. The van der Waals surface area contributed by atoms with Crippen molar-refractivity contribution in [2.75, 3.05) is 19.8 Å². The highest BCUT2D eigenvalue weighted by Gasteiger charge is 2.41. The van der Waals surface area contributed by atoms with Crippen molar-refractivity contribution in [3.05, 3.63) is 10.1 Å². The molecule has 9 heteroatoms. The normalized spacial score (nSPS) is 10.5. The number of nitro groups is 1. The first kappa shape index (κ1) is 19.8. The second-order valence-corrected chi connectivity index (χ2v) is 4.69. The lowest BCUT2D eigenvalue weighted by molar-refractivity contribution is -0.574. The maximum absolute atomic E-state index is 11.5. The molecule has 0 rings (SSSR count). The van der Waals surface area contributed by atoms with Crippen LogP contribution in [0, 0.1) is 10.1 Å². The zero-order chi connectivity index (χ0) is 16.7. The largest absolute Gasteiger partial charge is 0.468 e. The highest BCUT2D eigenvalue weighted by atomic mass is 16.6. The van der Waals surface area contributed by atoms with Gasteiger partial charge in [0.15, 0.2) is 0 Å². The van der Waals surface area contributed by atoms with Crippen molar-refractivity contribution < 1.29 is 33.5 Å². The molecular weight excluding hydrogens is 298 g/mol. The molecule has 0 fully saturated rings. The Bertz CT molecular complexity index is 306. The SMILES string of the molecule is O=COCCCC(CCCOC=O)(CCCOC=O)[N+](=O)[O-]. The van der Waals surface area contributed by atoms with Crippen LogP contribution in [0.25, 0.3) is 0 Å². The lowest BCUT2D eigenvalue weighted by atomic mass is 9.84. The predicted molar refractivity (Wildman–Crippen MR) is 73.5 cm³/mol. The smallest absolute Gasteiger partial charge is 0.293 e. The number of hydrogen-bond donors (Lipinski definition) is 0. The van der Waals surface area contributed by atoms with Crippen LogP contribution in [-0.2, 0) is 28.6 Å². The first-order chi connectivity index (χ1) is 10.6. The highest BCUT2D eigenvalue weighted by Crippen LogP contribution is 2.29. The summed E-state index contributed by atoms with van der Waals surface area (Å²) < 4.78 is 13.6. The van der Waals surface area contributed by atoms with Crippen LogP contribution < -0.4 is 0 Å². The molecule has 0 aliphatic heterocycles. The van der Waals surface area contributed by atoms with Gasteiger partial charge in [-0.3, -0.25) is 24.5 Å². The maximum Gasteiger partial charge on any atom is 0.293 e. The van der Waals surface area contributed by atoms with E-state index in [1.54, 1.807) is 0 Å². The minimum absolute atomic E-state index is 0.106. The fourth-order valence-electron chi connectivity index (χ4n) is 2.25. The van der Waals surface area contributed by atoms with Gasteiger partial charge in [0.1, 0.15) is 0 Å². The lowest BCUT2D eigenvalue weighted by Crippen LogP contribution is -2.39. The molecule has 9 nitrogen and oxygen atoms in total. The van der Waals surface area contributed by atoms with Crippen molar-refractivity contribution >= 4 is 19.4 Å². The average molecular weight is 319 g/mol. The second kappa shape index (κ2) is 12.5. The summed E-state index contributed by atoms with van der Waals surface area (Å²) in [6.45, 7) is 1.20. The zero-order valence-corrected chi connectivity index (χ0v) is 12.3. The lowest BCUT2D eigenvalue weighted by Gasteiger charge is -2.25. The fourth-order valence-corrected chi connectivity index (χ4v) is 2.25. The van der Waals surface area contributed by atoms with Crippen molar-refractivity contribution in [1.29, 1.82) is 0 Å². The summed E-state index contributed by atoms with van der Waals surface area (Å²) >= 11 is 0. The minimum atomic E-state index is -1.22. The molecule has 126 valence electrons. The molecule has 0 unspecified atom stereocenters. The molecule has 0 atom stereocenters. The van der Waals surface area contributed by atoms with Crippen LogP contribution >= 0.6 is 0 Å². The Labute approximate surface area is 128 Å². The molecule has 22 heavy (non-hydrogen) atoms. The van der Waals surface area contributed by atoms with Crippen LogP contribution in [0.15, 0.2) is 0 Å². The van der Waals surface area contributed by atoms with Crippen LogP contribution in [0.1, 0.15) is 38.5 Å². The second-order valence-electron chi connectivity index (χ2n) is 4.69. The summed E-state index contributed by atoms with van der Waals surface area (Å²) in [7, 11) is 0. The average Bonchev–Trinajstić information content (AvgIpc) is 2.51. The molecule has 0 saturated carbocycles. The quantitative estimate of drug-likeness (QED) is 0.135. The zero-order valence-electron chi connectivity index (χ0n) is 12.3. The van der Waals surface area contributed by atoms with Gasteiger partial charge in [-0.05, 0) is 19.3 Å². The third kappa shape index (κ3) is 8.18. The molecule has 0 amide bonds. The number of carbonyl (C=O) groups excluding carboxylic acids is 3. The van der Waals surface area contributed by atoms with E-state index in [1.807, 2.05) is 0 Å². The van der Waals surface area contributed by atoms with Gasteiger partial charge in [-0.15, -0.1) is 0 Å². The Morgan fingerprint density at radius 2 is 1.09 bits per heavy atom. The first-order valence-electron chi connectivity index (χ1n) is 6.93. The third-order valence-corrected chi connectivity index (χ3v) is 3.30. The van der Waals surface area contributed by atoms with E-state index in [-0.39, 0.29) is 44.0 Å². The van der Waals surface area contributed by atoms with E-state index < -0.39 is 5.54 Å².